The summed E-state index contributed by atoms with van der Waals surface area (Å²) < 4.78 is 5.53. The molecular weight excluding hydrogens is 224 g/mol. The Bertz CT molecular complexity index is 347. The van der Waals surface area contributed by atoms with Crippen LogP contribution in [0.2, 0.25) is 0 Å². The van der Waals surface area contributed by atoms with Crippen LogP contribution in [0.4, 0.5) is 0 Å². The zero-order valence-electron chi connectivity index (χ0n) is 11.2. The van der Waals surface area contributed by atoms with Gasteiger partial charge in [-0.2, -0.15) is 0 Å². The lowest BCUT2D eigenvalue weighted by Gasteiger charge is -2.34. The molecule has 100 valence electrons. The molecule has 2 atom stereocenters. The number of hydrogen-bond acceptors (Lipinski definition) is 3. The van der Waals surface area contributed by atoms with Gasteiger partial charge in [-0.15, -0.1) is 0 Å². The fourth-order valence-corrected chi connectivity index (χ4v) is 2.47. The monoisotopic (exact) mass is 248 g/mol. The SMILES string of the molecule is CC1(NCCC(N)c2ccccc2)CCCOC1. The van der Waals surface area contributed by atoms with E-state index in [4.69, 9.17) is 10.5 Å². The predicted octanol–water partition coefficient (Wildman–Crippen LogP) is 2.24. The molecule has 3 nitrogen and oxygen atoms in total. The number of rotatable bonds is 5. The zero-order valence-corrected chi connectivity index (χ0v) is 11.2. The molecule has 18 heavy (non-hydrogen) atoms. The molecule has 2 rings (SSSR count). The Morgan fingerprint density at radius 2 is 2.17 bits per heavy atom. The normalized spacial score (nSPS) is 25.9. The first-order valence-electron chi connectivity index (χ1n) is 6.83. The highest BCUT2D eigenvalue weighted by atomic mass is 16.5. The van der Waals surface area contributed by atoms with Crippen molar-refractivity contribution in [3.05, 3.63) is 35.9 Å². The summed E-state index contributed by atoms with van der Waals surface area (Å²) in [5.41, 5.74) is 7.53. The molecule has 1 aliphatic rings. The van der Waals surface area contributed by atoms with E-state index in [0.29, 0.717) is 0 Å². The minimum absolute atomic E-state index is 0.117. The molecule has 0 aliphatic carbocycles. The summed E-state index contributed by atoms with van der Waals surface area (Å²) in [6.07, 6.45) is 3.29. The van der Waals surface area contributed by atoms with E-state index < -0.39 is 0 Å². The molecular formula is C15H24N2O. The summed E-state index contributed by atoms with van der Waals surface area (Å²) in [7, 11) is 0. The molecule has 3 heteroatoms. The van der Waals surface area contributed by atoms with Gasteiger partial charge in [0.25, 0.3) is 0 Å². The highest BCUT2D eigenvalue weighted by Crippen LogP contribution is 2.19. The van der Waals surface area contributed by atoms with Gasteiger partial charge >= 0.3 is 0 Å². The summed E-state index contributed by atoms with van der Waals surface area (Å²) >= 11 is 0. The van der Waals surface area contributed by atoms with Crippen LogP contribution in [0.3, 0.4) is 0 Å². The maximum atomic E-state index is 6.18. The Morgan fingerprint density at radius 1 is 1.39 bits per heavy atom. The molecule has 0 aromatic heterocycles. The van der Waals surface area contributed by atoms with Crippen molar-refractivity contribution in [3.8, 4) is 0 Å². The minimum Gasteiger partial charge on any atom is -0.380 e. The molecule has 1 heterocycles. The molecule has 1 aliphatic heterocycles. The van der Waals surface area contributed by atoms with Crippen LogP contribution >= 0.6 is 0 Å². The lowest BCUT2D eigenvalue weighted by atomic mass is 9.94. The second kappa shape index (κ2) is 6.32. The Hall–Kier alpha value is -0.900. The quantitative estimate of drug-likeness (QED) is 0.840. The maximum Gasteiger partial charge on any atom is 0.0645 e. The van der Waals surface area contributed by atoms with E-state index in [2.05, 4.69) is 24.4 Å². The van der Waals surface area contributed by atoms with Crippen molar-refractivity contribution in [1.29, 1.82) is 0 Å². The average molecular weight is 248 g/mol. The van der Waals surface area contributed by atoms with Crippen molar-refractivity contribution in [2.24, 2.45) is 5.73 Å². The molecule has 1 saturated heterocycles. The lowest BCUT2D eigenvalue weighted by Crippen LogP contribution is -2.49. The molecule has 0 bridgehead atoms. The van der Waals surface area contributed by atoms with Crippen LogP contribution < -0.4 is 11.1 Å². The maximum absolute atomic E-state index is 6.18. The number of nitrogens with two attached hydrogens (primary N) is 1. The van der Waals surface area contributed by atoms with Crippen LogP contribution in [-0.4, -0.2) is 25.3 Å². The molecule has 1 aromatic carbocycles. The van der Waals surface area contributed by atoms with Crippen LogP contribution in [0, 0.1) is 0 Å². The average Bonchev–Trinajstić information content (AvgIpc) is 2.40. The van der Waals surface area contributed by atoms with Crippen LogP contribution in [-0.2, 0) is 4.74 Å². The van der Waals surface area contributed by atoms with Crippen LogP contribution in [0.25, 0.3) is 0 Å². The van der Waals surface area contributed by atoms with Gasteiger partial charge in [0.15, 0.2) is 0 Å². The van der Waals surface area contributed by atoms with Crippen LogP contribution in [0.1, 0.15) is 37.8 Å². The molecule has 0 radical (unpaired) electrons. The minimum atomic E-state index is 0.117. The second-order valence-corrected chi connectivity index (χ2v) is 5.45. The molecule has 1 aromatic rings. The summed E-state index contributed by atoms with van der Waals surface area (Å²) in [5, 5.41) is 3.59. The summed E-state index contributed by atoms with van der Waals surface area (Å²) in [4.78, 5) is 0. The topological polar surface area (TPSA) is 47.3 Å². The largest absolute Gasteiger partial charge is 0.380 e. The Labute approximate surface area is 110 Å². The fourth-order valence-electron chi connectivity index (χ4n) is 2.47. The van der Waals surface area contributed by atoms with Crippen molar-refractivity contribution >= 4 is 0 Å². The van der Waals surface area contributed by atoms with E-state index in [1.54, 1.807) is 0 Å². The highest BCUT2D eigenvalue weighted by molar-refractivity contribution is 5.18. The van der Waals surface area contributed by atoms with Crippen LogP contribution in [0.5, 0.6) is 0 Å². The molecule has 0 amide bonds. The van der Waals surface area contributed by atoms with Gasteiger partial charge in [0.1, 0.15) is 0 Å². The van der Waals surface area contributed by atoms with Gasteiger partial charge in [-0.05, 0) is 38.3 Å². The Morgan fingerprint density at radius 3 is 2.83 bits per heavy atom. The predicted molar refractivity (Wildman–Crippen MR) is 74.4 cm³/mol. The molecule has 3 N–H and O–H groups in total. The number of benzene rings is 1. The molecule has 1 fully saturated rings. The highest BCUT2D eigenvalue weighted by Gasteiger charge is 2.26. The van der Waals surface area contributed by atoms with E-state index in [-0.39, 0.29) is 11.6 Å². The first-order chi connectivity index (χ1) is 8.70. The van der Waals surface area contributed by atoms with Gasteiger partial charge in [-0.1, -0.05) is 30.3 Å². The van der Waals surface area contributed by atoms with E-state index in [1.165, 1.54) is 12.0 Å². The number of nitrogens with one attached hydrogen (secondary N) is 1. The molecule has 0 saturated carbocycles. The van der Waals surface area contributed by atoms with Crippen molar-refractivity contribution in [2.75, 3.05) is 19.8 Å². The third-order valence-electron chi connectivity index (χ3n) is 3.67. The van der Waals surface area contributed by atoms with Gasteiger partial charge in [-0.25, -0.2) is 0 Å². The van der Waals surface area contributed by atoms with Gasteiger partial charge in [0.2, 0.25) is 0 Å². The molecule has 0 spiro atoms. The van der Waals surface area contributed by atoms with E-state index in [0.717, 1.165) is 32.6 Å². The van der Waals surface area contributed by atoms with E-state index in [1.807, 2.05) is 18.2 Å². The first kappa shape index (κ1) is 13.5. The van der Waals surface area contributed by atoms with Gasteiger partial charge in [0, 0.05) is 18.2 Å². The third-order valence-corrected chi connectivity index (χ3v) is 3.67. The standard InChI is InChI=1S/C15H24N2O/c1-15(9-5-11-18-12-15)17-10-8-14(16)13-6-3-2-4-7-13/h2-4,6-7,14,17H,5,8-12,16H2,1H3. The number of hydrogen-bond donors (Lipinski definition) is 2. The fraction of sp³-hybridized carbons (Fsp3) is 0.600. The van der Waals surface area contributed by atoms with Crippen molar-refractivity contribution < 1.29 is 4.74 Å². The first-order valence-corrected chi connectivity index (χ1v) is 6.83. The van der Waals surface area contributed by atoms with Crippen LogP contribution in [0.15, 0.2) is 30.3 Å². The van der Waals surface area contributed by atoms with Crippen molar-refractivity contribution in [1.82, 2.24) is 5.32 Å². The second-order valence-electron chi connectivity index (χ2n) is 5.45. The smallest absolute Gasteiger partial charge is 0.0645 e. The van der Waals surface area contributed by atoms with E-state index >= 15 is 0 Å². The Balaban J connectivity index is 1.75. The summed E-state index contributed by atoms with van der Waals surface area (Å²) in [5.74, 6) is 0. The lowest BCUT2D eigenvalue weighted by molar-refractivity contribution is 0.0284. The Kier molecular flexibility index (Phi) is 4.75. The zero-order chi connectivity index (χ0) is 12.8. The van der Waals surface area contributed by atoms with Gasteiger partial charge in [0.05, 0.1) is 6.61 Å². The molecule has 2 unspecified atom stereocenters. The number of ether oxygens (including phenoxy) is 1. The van der Waals surface area contributed by atoms with E-state index in [9.17, 15) is 0 Å². The van der Waals surface area contributed by atoms with Crippen molar-refractivity contribution in [2.45, 2.75) is 37.8 Å². The van der Waals surface area contributed by atoms with Gasteiger partial charge < -0.3 is 15.8 Å². The summed E-state index contributed by atoms with van der Waals surface area (Å²) in [6, 6.07) is 10.4. The van der Waals surface area contributed by atoms with Gasteiger partial charge in [-0.3, -0.25) is 0 Å². The summed E-state index contributed by atoms with van der Waals surface area (Å²) in [6.45, 7) is 4.89. The third kappa shape index (κ3) is 3.80. The van der Waals surface area contributed by atoms with Crippen molar-refractivity contribution in [3.63, 3.8) is 0 Å².